The van der Waals surface area contributed by atoms with Gasteiger partial charge in [-0.3, -0.25) is 9.59 Å². The van der Waals surface area contributed by atoms with Gasteiger partial charge in [-0.1, -0.05) is 72.8 Å². The molecule has 0 aliphatic heterocycles. The van der Waals surface area contributed by atoms with Crippen molar-refractivity contribution in [3.05, 3.63) is 180 Å². The Hall–Kier alpha value is -9.04. The summed E-state index contributed by atoms with van der Waals surface area (Å²) in [7, 11) is 2.59. The van der Waals surface area contributed by atoms with E-state index in [1.165, 1.54) is 14.2 Å². The molecule has 0 heterocycles. The molecular formula is C50H36N6O8. The van der Waals surface area contributed by atoms with E-state index in [0.29, 0.717) is 55.4 Å². The van der Waals surface area contributed by atoms with Crippen LogP contribution in [0.5, 0.6) is 11.5 Å². The highest BCUT2D eigenvalue weighted by Gasteiger charge is 2.21. The summed E-state index contributed by atoms with van der Waals surface area (Å²) in [5.41, 5.74) is 4.36. The van der Waals surface area contributed by atoms with Gasteiger partial charge in [-0.25, -0.2) is 9.59 Å². The zero-order valence-electron chi connectivity index (χ0n) is 34.1. The van der Waals surface area contributed by atoms with Gasteiger partial charge in [0.05, 0.1) is 47.8 Å². The molecule has 0 atom stereocenters. The van der Waals surface area contributed by atoms with E-state index < -0.39 is 23.8 Å². The van der Waals surface area contributed by atoms with Gasteiger partial charge in [0.25, 0.3) is 11.8 Å². The first-order valence-corrected chi connectivity index (χ1v) is 19.6. The molecule has 0 aromatic heterocycles. The number of nitrogens with zero attached hydrogens (tertiary/aromatic N) is 4. The third kappa shape index (κ3) is 8.87. The molecule has 0 bridgehead atoms. The molecule has 4 N–H and O–H groups in total. The summed E-state index contributed by atoms with van der Waals surface area (Å²) in [6.07, 6.45) is 0. The highest BCUT2D eigenvalue weighted by molar-refractivity contribution is 6.13. The molecular weight excluding hydrogens is 813 g/mol. The van der Waals surface area contributed by atoms with Gasteiger partial charge in [-0.2, -0.15) is 10.2 Å². The first-order valence-electron chi connectivity index (χ1n) is 19.6. The smallest absolute Gasteiger partial charge is 0.337 e. The zero-order chi connectivity index (χ0) is 44.7. The van der Waals surface area contributed by atoms with Crippen LogP contribution in [0.2, 0.25) is 0 Å². The van der Waals surface area contributed by atoms with Gasteiger partial charge in [-0.15, -0.1) is 10.2 Å². The van der Waals surface area contributed by atoms with Crippen LogP contribution in [0, 0.1) is 0 Å². The molecule has 0 saturated carbocycles. The van der Waals surface area contributed by atoms with Crippen molar-refractivity contribution in [2.75, 3.05) is 24.9 Å². The number of amides is 2. The van der Waals surface area contributed by atoms with E-state index in [-0.39, 0.29) is 34.0 Å². The normalized spacial score (nSPS) is 11.2. The van der Waals surface area contributed by atoms with E-state index in [4.69, 9.17) is 9.47 Å². The Bertz CT molecular complexity index is 2940. The number of phenols is 2. The number of phenolic OH excluding ortho intramolecular Hbond substituents is 2. The first-order chi connectivity index (χ1) is 31.1. The number of carbonyl (C=O) groups is 4. The lowest BCUT2D eigenvalue weighted by molar-refractivity contribution is 0.0592. The second kappa shape index (κ2) is 18.3. The standard InChI is InChI=1S/C50H36N6O8/c1-63-49(61)31-15-23-37(24-16-31)53-55-43-39-9-5-3-7-33(39)27-41(45(43)57)47(59)51-35-19-11-29(12-20-35)30-13-21-36(22-14-30)52-48(60)42-28-34-8-4-6-10-40(34)44(46(42)58)56-54-38-25-17-32(18-26-38)50(62)64-2/h3-28,57-58H,1-2H3,(H,51,59)(H,52,60). The predicted molar refractivity (Wildman–Crippen MR) is 243 cm³/mol. The number of carbonyl (C=O) groups excluding carboxylic acids is 4. The fraction of sp³-hybridized carbons (Fsp3) is 0.0400. The maximum Gasteiger partial charge on any atom is 0.337 e. The predicted octanol–water partition coefficient (Wildman–Crippen LogP) is 12.0. The lowest BCUT2D eigenvalue weighted by Crippen LogP contribution is -2.12. The summed E-state index contributed by atoms with van der Waals surface area (Å²) in [5.74, 6) is -2.79. The highest BCUT2D eigenvalue weighted by Crippen LogP contribution is 2.41. The summed E-state index contributed by atoms with van der Waals surface area (Å²) < 4.78 is 9.48. The summed E-state index contributed by atoms with van der Waals surface area (Å²) in [4.78, 5) is 50.8. The van der Waals surface area contributed by atoms with Gasteiger partial charge >= 0.3 is 11.9 Å². The number of hydrogen-bond donors (Lipinski definition) is 4. The minimum absolute atomic E-state index is 0.00283. The van der Waals surface area contributed by atoms with E-state index in [1.54, 1.807) is 121 Å². The van der Waals surface area contributed by atoms with Crippen LogP contribution in [0.1, 0.15) is 41.4 Å². The first kappa shape index (κ1) is 41.7. The highest BCUT2D eigenvalue weighted by atomic mass is 16.5. The molecule has 0 spiro atoms. The maximum absolute atomic E-state index is 13.6. The number of anilines is 2. The van der Waals surface area contributed by atoms with Crippen molar-refractivity contribution in [3.8, 4) is 22.6 Å². The molecule has 2 amide bonds. The Morgan fingerprint density at radius 1 is 0.453 bits per heavy atom. The number of nitrogens with one attached hydrogen (secondary N) is 2. The van der Waals surface area contributed by atoms with Crippen LogP contribution >= 0.6 is 0 Å². The monoisotopic (exact) mass is 848 g/mol. The Morgan fingerprint density at radius 2 is 0.812 bits per heavy atom. The fourth-order valence-corrected chi connectivity index (χ4v) is 6.85. The molecule has 8 aromatic carbocycles. The summed E-state index contributed by atoms with van der Waals surface area (Å²) in [6, 6.07) is 44.3. The molecule has 0 radical (unpaired) electrons. The molecule has 0 saturated heterocycles. The molecule has 0 fully saturated rings. The number of methoxy groups -OCH3 is 2. The van der Waals surface area contributed by atoms with Crippen molar-refractivity contribution in [2.24, 2.45) is 20.5 Å². The number of ether oxygens (including phenoxy) is 2. The van der Waals surface area contributed by atoms with E-state index in [1.807, 2.05) is 36.4 Å². The number of azo groups is 2. The van der Waals surface area contributed by atoms with E-state index in [0.717, 1.165) is 11.1 Å². The topological polar surface area (TPSA) is 201 Å². The van der Waals surface area contributed by atoms with Gasteiger partial charge in [-0.05, 0) is 107 Å². The lowest BCUT2D eigenvalue weighted by Gasteiger charge is -2.12. The van der Waals surface area contributed by atoms with Crippen LogP contribution in [-0.2, 0) is 9.47 Å². The van der Waals surface area contributed by atoms with E-state index >= 15 is 0 Å². The van der Waals surface area contributed by atoms with Crippen LogP contribution in [0.15, 0.2) is 178 Å². The average molecular weight is 849 g/mol. The van der Waals surface area contributed by atoms with Gasteiger partial charge < -0.3 is 30.3 Å². The van der Waals surface area contributed by atoms with Gasteiger partial charge in [0.1, 0.15) is 11.4 Å². The number of fused-ring (bicyclic) bond motifs is 2. The van der Waals surface area contributed by atoms with Gasteiger partial charge in [0, 0.05) is 22.1 Å². The molecule has 0 aliphatic rings. The minimum Gasteiger partial charge on any atom is -0.505 e. The Labute approximate surface area is 365 Å². The van der Waals surface area contributed by atoms with Crippen LogP contribution in [0.25, 0.3) is 32.7 Å². The Morgan fingerprint density at radius 3 is 1.17 bits per heavy atom. The van der Waals surface area contributed by atoms with Crippen LogP contribution in [0.3, 0.4) is 0 Å². The van der Waals surface area contributed by atoms with Crippen molar-refractivity contribution >= 4 is 79.4 Å². The third-order valence-corrected chi connectivity index (χ3v) is 10.2. The van der Waals surface area contributed by atoms with Crippen LogP contribution < -0.4 is 10.6 Å². The second-order valence-electron chi connectivity index (χ2n) is 14.2. The third-order valence-electron chi connectivity index (χ3n) is 10.2. The molecule has 8 rings (SSSR count). The molecule has 8 aromatic rings. The summed E-state index contributed by atoms with van der Waals surface area (Å²) in [6.45, 7) is 0. The molecule has 64 heavy (non-hydrogen) atoms. The minimum atomic E-state index is -0.561. The molecule has 14 nitrogen and oxygen atoms in total. The van der Waals surface area contributed by atoms with Gasteiger partial charge in [0.15, 0.2) is 11.5 Å². The molecule has 0 unspecified atom stereocenters. The maximum atomic E-state index is 13.6. The number of aromatic hydroxyl groups is 2. The van der Waals surface area contributed by atoms with Crippen LogP contribution in [0.4, 0.5) is 34.1 Å². The number of rotatable bonds is 11. The van der Waals surface area contributed by atoms with Crippen molar-refractivity contribution in [1.29, 1.82) is 0 Å². The Kier molecular flexibility index (Phi) is 11.9. The number of benzene rings is 8. The second-order valence-corrected chi connectivity index (χ2v) is 14.2. The van der Waals surface area contributed by atoms with E-state index in [2.05, 4.69) is 31.1 Å². The SMILES string of the molecule is COC(=O)c1ccc(N=Nc2c(O)c(C(=O)Nc3ccc(-c4ccc(NC(=O)c5cc6ccccc6c(N=Nc6ccc(C(=O)OC)cc6)c5O)cc4)cc3)cc3ccccc23)cc1. The Balaban J connectivity index is 0.956. The van der Waals surface area contributed by atoms with Crippen LogP contribution in [-0.4, -0.2) is 48.2 Å². The molecule has 14 heteroatoms. The summed E-state index contributed by atoms with van der Waals surface area (Å²) in [5, 5.41) is 47.9. The number of esters is 2. The largest absolute Gasteiger partial charge is 0.505 e. The average Bonchev–Trinajstić information content (AvgIpc) is 3.33. The quantitative estimate of drug-likeness (QED) is 0.0727. The number of hydrogen-bond acceptors (Lipinski definition) is 12. The molecule has 314 valence electrons. The van der Waals surface area contributed by atoms with E-state index in [9.17, 15) is 29.4 Å². The fourth-order valence-electron chi connectivity index (χ4n) is 6.85. The van der Waals surface area contributed by atoms with Crippen molar-refractivity contribution < 1.29 is 38.9 Å². The molecule has 0 aliphatic carbocycles. The van der Waals surface area contributed by atoms with Crippen molar-refractivity contribution in [2.45, 2.75) is 0 Å². The summed E-state index contributed by atoms with van der Waals surface area (Å²) >= 11 is 0. The van der Waals surface area contributed by atoms with Gasteiger partial charge in [0.2, 0.25) is 0 Å². The lowest BCUT2D eigenvalue weighted by atomic mass is 10.0. The zero-order valence-corrected chi connectivity index (χ0v) is 34.1. The van der Waals surface area contributed by atoms with Crippen molar-refractivity contribution in [1.82, 2.24) is 0 Å². The van der Waals surface area contributed by atoms with Crippen molar-refractivity contribution in [3.63, 3.8) is 0 Å².